The van der Waals surface area contributed by atoms with Crippen LogP contribution in [-0.4, -0.2) is 12.2 Å². The summed E-state index contributed by atoms with van der Waals surface area (Å²) in [4.78, 5) is 11.9. The van der Waals surface area contributed by atoms with Crippen LogP contribution >= 0.6 is 11.6 Å². The SMILES string of the molecule is C=C(OC(=O)Nc1cc(OC(C)C)c(Cl)cc1F)C(C)(C)CC. The van der Waals surface area contributed by atoms with Gasteiger partial charge in [-0.2, -0.15) is 0 Å². The molecule has 0 aliphatic carbocycles. The Morgan fingerprint density at radius 2 is 2.04 bits per heavy atom. The lowest BCUT2D eigenvalue weighted by Crippen LogP contribution is -2.21. The second kappa shape index (κ2) is 7.68. The van der Waals surface area contributed by atoms with Gasteiger partial charge in [0.25, 0.3) is 0 Å². The van der Waals surface area contributed by atoms with Gasteiger partial charge in [-0.05, 0) is 26.3 Å². The number of anilines is 1. The smallest absolute Gasteiger partial charge is 0.416 e. The predicted octanol–water partition coefficient (Wildman–Crippen LogP) is 5.76. The van der Waals surface area contributed by atoms with E-state index in [1.165, 1.54) is 6.07 Å². The van der Waals surface area contributed by atoms with Crippen LogP contribution in [0, 0.1) is 11.2 Å². The quantitative estimate of drug-likeness (QED) is 0.667. The van der Waals surface area contributed by atoms with Crippen molar-refractivity contribution in [2.75, 3.05) is 5.32 Å². The van der Waals surface area contributed by atoms with Gasteiger partial charge in [0.05, 0.1) is 16.8 Å². The molecule has 0 unspecified atom stereocenters. The van der Waals surface area contributed by atoms with Gasteiger partial charge in [0.15, 0.2) is 0 Å². The number of carbonyl (C=O) groups is 1. The van der Waals surface area contributed by atoms with Crippen molar-refractivity contribution in [2.24, 2.45) is 5.41 Å². The molecule has 0 aromatic heterocycles. The van der Waals surface area contributed by atoms with Crippen molar-refractivity contribution in [1.82, 2.24) is 0 Å². The van der Waals surface area contributed by atoms with Gasteiger partial charge in [0.1, 0.15) is 17.3 Å². The molecule has 0 aliphatic rings. The zero-order chi connectivity index (χ0) is 17.8. The number of nitrogens with one attached hydrogen (secondary N) is 1. The first-order chi connectivity index (χ1) is 10.6. The van der Waals surface area contributed by atoms with E-state index in [0.29, 0.717) is 5.76 Å². The number of hydrogen-bond donors (Lipinski definition) is 1. The zero-order valence-electron chi connectivity index (χ0n) is 14.1. The fourth-order valence-corrected chi connectivity index (χ4v) is 1.75. The minimum atomic E-state index is -0.812. The molecule has 1 amide bonds. The van der Waals surface area contributed by atoms with Crippen molar-refractivity contribution in [1.29, 1.82) is 0 Å². The third-order valence-corrected chi connectivity index (χ3v) is 3.77. The van der Waals surface area contributed by atoms with Gasteiger partial charge in [-0.1, -0.05) is 39.0 Å². The molecule has 1 aromatic carbocycles. The van der Waals surface area contributed by atoms with Gasteiger partial charge >= 0.3 is 6.09 Å². The molecule has 23 heavy (non-hydrogen) atoms. The van der Waals surface area contributed by atoms with E-state index in [9.17, 15) is 9.18 Å². The largest absolute Gasteiger partial charge is 0.489 e. The molecule has 1 rings (SSSR count). The molecule has 6 heteroatoms. The molecule has 0 aliphatic heterocycles. The summed E-state index contributed by atoms with van der Waals surface area (Å²) in [5.41, 5.74) is -0.431. The zero-order valence-corrected chi connectivity index (χ0v) is 14.9. The summed E-state index contributed by atoms with van der Waals surface area (Å²) in [7, 11) is 0. The van der Waals surface area contributed by atoms with Gasteiger partial charge in [-0.25, -0.2) is 9.18 Å². The van der Waals surface area contributed by atoms with Crippen LogP contribution in [-0.2, 0) is 4.74 Å². The highest BCUT2D eigenvalue weighted by molar-refractivity contribution is 6.32. The van der Waals surface area contributed by atoms with E-state index in [2.05, 4.69) is 11.9 Å². The Kier molecular flexibility index (Phi) is 6.45. The highest BCUT2D eigenvalue weighted by atomic mass is 35.5. The highest BCUT2D eigenvalue weighted by Crippen LogP contribution is 2.32. The van der Waals surface area contributed by atoms with E-state index >= 15 is 0 Å². The van der Waals surface area contributed by atoms with Crippen molar-refractivity contribution in [3.63, 3.8) is 0 Å². The van der Waals surface area contributed by atoms with E-state index in [1.807, 2.05) is 34.6 Å². The molecule has 1 N–H and O–H groups in total. The number of ether oxygens (including phenoxy) is 2. The standard InChI is InChI=1S/C17H23ClFNO3/c1-7-17(5,6)11(4)23-16(21)20-14-9-15(22-10(2)3)12(18)8-13(14)19/h8-10H,4,7H2,1-3,5-6H3,(H,20,21). The van der Waals surface area contributed by atoms with Crippen molar-refractivity contribution in [3.05, 3.63) is 35.3 Å². The Morgan fingerprint density at radius 1 is 1.43 bits per heavy atom. The first-order valence-electron chi connectivity index (χ1n) is 7.40. The molecule has 1 aromatic rings. The predicted molar refractivity (Wildman–Crippen MR) is 90.5 cm³/mol. The summed E-state index contributed by atoms with van der Waals surface area (Å²) in [6, 6.07) is 2.41. The Labute approximate surface area is 141 Å². The summed E-state index contributed by atoms with van der Waals surface area (Å²) in [5.74, 6) is -0.0833. The number of carbonyl (C=O) groups excluding carboxylic acids is 1. The summed E-state index contributed by atoms with van der Waals surface area (Å²) in [6.07, 6.45) is -0.197. The molecular weight excluding hydrogens is 321 g/mol. The maximum Gasteiger partial charge on any atom is 0.416 e. The molecule has 0 bridgehead atoms. The van der Waals surface area contributed by atoms with Gasteiger partial charge in [-0.15, -0.1) is 0 Å². The fourth-order valence-electron chi connectivity index (χ4n) is 1.55. The third-order valence-electron chi connectivity index (χ3n) is 3.48. The van der Waals surface area contributed by atoms with Gasteiger partial charge in [0.2, 0.25) is 0 Å². The number of amides is 1. The first kappa shape index (κ1) is 19.3. The number of hydrogen-bond acceptors (Lipinski definition) is 3. The fraction of sp³-hybridized carbons (Fsp3) is 0.471. The maximum atomic E-state index is 13.9. The highest BCUT2D eigenvalue weighted by Gasteiger charge is 2.24. The minimum Gasteiger partial charge on any atom is -0.489 e. The van der Waals surface area contributed by atoms with Crippen LogP contribution in [0.2, 0.25) is 5.02 Å². The summed E-state index contributed by atoms with van der Waals surface area (Å²) in [5, 5.41) is 2.47. The molecule has 0 atom stereocenters. The molecule has 0 saturated heterocycles. The average molecular weight is 344 g/mol. The Hall–Kier alpha value is -1.75. The molecule has 0 spiro atoms. The van der Waals surface area contributed by atoms with Crippen molar-refractivity contribution in [3.8, 4) is 5.75 Å². The van der Waals surface area contributed by atoms with Crippen LogP contribution in [0.4, 0.5) is 14.9 Å². The molecule has 0 radical (unpaired) electrons. The van der Waals surface area contributed by atoms with Crippen molar-refractivity contribution in [2.45, 2.75) is 47.1 Å². The normalized spacial score (nSPS) is 11.3. The minimum absolute atomic E-state index is 0.0721. The summed E-state index contributed by atoms with van der Waals surface area (Å²) in [6.45, 7) is 13.1. The van der Waals surface area contributed by atoms with Crippen molar-refractivity contribution < 1.29 is 18.7 Å². The van der Waals surface area contributed by atoms with E-state index in [4.69, 9.17) is 21.1 Å². The third kappa shape index (κ3) is 5.43. The van der Waals surface area contributed by atoms with Gasteiger partial charge < -0.3 is 9.47 Å². The molecule has 0 saturated carbocycles. The molecule has 0 fully saturated rings. The number of benzene rings is 1. The summed E-state index contributed by atoms with van der Waals surface area (Å²) < 4.78 is 24.5. The van der Waals surface area contributed by atoms with E-state index in [0.717, 1.165) is 12.5 Å². The first-order valence-corrected chi connectivity index (χ1v) is 7.78. The van der Waals surface area contributed by atoms with Crippen LogP contribution in [0.3, 0.4) is 0 Å². The topological polar surface area (TPSA) is 47.6 Å². The van der Waals surface area contributed by atoms with Crippen LogP contribution in [0.15, 0.2) is 24.5 Å². The monoisotopic (exact) mass is 343 g/mol. The van der Waals surface area contributed by atoms with E-state index in [1.54, 1.807) is 0 Å². The maximum absolute atomic E-state index is 13.9. The van der Waals surface area contributed by atoms with Crippen molar-refractivity contribution >= 4 is 23.4 Å². The van der Waals surface area contributed by atoms with Gasteiger partial charge in [-0.3, -0.25) is 5.32 Å². The van der Waals surface area contributed by atoms with E-state index in [-0.39, 0.29) is 28.0 Å². The van der Waals surface area contributed by atoms with Crippen LogP contribution in [0.25, 0.3) is 0 Å². The molecule has 128 valence electrons. The lowest BCUT2D eigenvalue weighted by Gasteiger charge is -2.24. The van der Waals surface area contributed by atoms with E-state index < -0.39 is 11.9 Å². The number of rotatable bonds is 6. The Morgan fingerprint density at radius 3 is 2.57 bits per heavy atom. The van der Waals surface area contributed by atoms with Crippen LogP contribution < -0.4 is 10.1 Å². The van der Waals surface area contributed by atoms with Crippen LogP contribution in [0.5, 0.6) is 5.75 Å². The Bertz CT molecular complexity index is 600. The van der Waals surface area contributed by atoms with Crippen LogP contribution in [0.1, 0.15) is 41.0 Å². The average Bonchev–Trinajstić information content (AvgIpc) is 2.43. The Balaban J connectivity index is 2.88. The van der Waals surface area contributed by atoms with Gasteiger partial charge in [0, 0.05) is 11.5 Å². The number of allylic oxidation sites excluding steroid dienone is 1. The molecular formula is C17H23ClFNO3. The molecule has 0 heterocycles. The second-order valence-electron chi connectivity index (χ2n) is 6.10. The lowest BCUT2D eigenvalue weighted by atomic mass is 9.88. The summed E-state index contributed by atoms with van der Waals surface area (Å²) >= 11 is 5.92. The lowest BCUT2D eigenvalue weighted by molar-refractivity contribution is 0.162. The second-order valence-corrected chi connectivity index (χ2v) is 6.51. The number of halogens is 2. The molecule has 4 nitrogen and oxygen atoms in total.